The van der Waals surface area contributed by atoms with Crippen molar-refractivity contribution in [2.75, 3.05) is 6.79 Å². The fourth-order valence-electron chi connectivity index (χ4n) is 4.59. The van der Waals surface area contributed by atoms with Crippen LogP contribution in [0.5, 0.6) is 11.5 Å². The summed E-state index contributed by atoms with van der Waals surface area (Å²) in [5, 5.41) is 16.2. The summed E-state index contributed by atoms with van der Waals surface area (Å²) in [6, 6.07) is 7.74. The van der Waals surface area contributed by atoms with Crippen molar-refractivity contribution in [1.29, 1.82) is 0 Å². The SMILES string of the molecule is CC1C(Cl)C(NCc2ccc3c(c2)OCO3)CCC1(C(=O)O)c1ncc2ccsc2n1. The molecule has 0 spiro atoms. The van der Waals surface area contributed by atoms with Gasteiger partial charge in [0.25, 0.3) is 0 Å². The highest BCUT2D eigenvalue weighted by Gasteiger charge is 2.54. The number of alkyl halides is 1. The number of ether oxygens (including phenoxy) is 2. The minimum atomic E-state index is -1.21. The van der Waals surface area contributed by atoms with E-state index in [2.05, 4.69) is 15.3 Å². The highest BCUT2D eigenvalue weighted by molar-refractivity contribution is 7.16. The summed E-state index contributed by atoms with van der Waals surface area (Å²) < 4.78 is 10.8. The van der Waals surface area contributed by atoms with Crippen LogP contribution in [-0.2, 0) is 16.8 Å². The molecule has 0 amide bonds. The number of hydrogen-bond acceptors (Lipinski definition) is 7. The van der Waals surface area contributed by atoms with Gasteiger partial charge in [-0.1, -0.05) is 13.0 Å². The van der Waals surface area contributed by atoms with Crippen LogP contribution in [-0.4, -0.2) is 39.3 Å². The van der Waals surface area contributed by atoms with Gasteiger partial charge in [-0.3, -0.25) is 4.79 Å². The molecule has 1 fully saturated rings. The van der Waals surface area contributed by atoms with E-state index in [9.17, 15) is 9.90 Å². The third-order valence-corrected chi connectivity index (χ3v) is 7.99. The van der Waals surface area contributed by atoms with Crippen LogP contribution in [0.1, 0.15) is 31.2 Å². The predicted octanol–water partition coefficient (Wildman–Crippen LogP) is 3.94. The van der Waals surface area contributed by atoms with Crippen LogP contribution in [0.4, 0.5) is 0 Å². The van der Waals surface area contributed by atoms with Crippen molar-refractivity contribution in [1.82, 2.24) is 15.3 Å². The molecule has 4 unspecified atom stereocenters. The Morgan fingerprint density at radius 3 is 3.03 bits per heavy atom. The van der Waals surface area contributed by atoms with Crippen molar-refractivity contribution < 1.29 is 19.4 Å². The van der Waals surface area contributed by atoms with Crippen LogP contribution >= 0.6 is 22.9 Å². The smallest absolute Gasteiger partial charge is 0.317 e. The number of aliphatic carboxylic acids is 1. The maximum absolute atomic E-state index is 12.5. The number of halogens is 1. The first kappa shape index (κ1) is 20.5. The standard InChI is InChI=1S/C22H22ClN3O4S/c1-12-18(23)15(24-9-13-2-3-16-17(8-13)30-11-29-16)4-6-22(12,21(27)28)20-25-10-14-5-7-31-19(14)26-20/h2-3,5,7-8,10,12,15,18,24H,4,6,9,11H2,1H3,(H,27,28). The van der Waals surface area contributed by atoms with Gasteiger partial charge in [0.15, 0.2) is 11.5 Å². The molecule has 0 bridgehead atoms. The summed E-state index contributed by atoms with van der Waals surface area (Å²) in [4.78, 5) is 22.4. The lowest BCUT2D eigenvalue weighted by atomic mass is 9.64. The second-order valence-electron chi connectivity index (χ2n) is 8.10. The van der Waals surface area contributed by atoms with Gasteiger partial charge in [-0.05, 0) is 47.9 Å². The van der Waals surface area contributed by atoms with Crippen molar-refractivity contribution in [2.45, 2.75) is 43.1 Å². The van der Waals surface area contributed by atoms with Crippen molar-refractivity contribution >= 4 is 39.1 Å². The summed E-state index contributed by atoms with van der Waals surface area (Å²) in [6.45, 7) is 2.74. The largest absolute Gasteiger partial charge is 0.480 e. The lowest BCUT2D eigenvalue weighted by molar-refractivity contribution is -0.148. The first-order valence-electron chi connectivity index (χ1n) is 10.2. The number of benzene rings is 1. The fourth-order valence-corrected chi connectivity index (χ4v) is 5.76. The van der Waals surface area contributed by atoms with Crippen LogP contribution in [0.2, 0.25) is 0 Å². The fraction of sp³-hybridized carbons (Fsp3) is 0.409. The predicted molar refractivity (Wildman–Crippen MR) is 118 cm³/mol. The van der Waals surface area contributed by atoms with E-state index in [-0.39, 0.29) is 24.1 Å². The van der Waals surface area contributed by atoms with Gasteiger partial charge in [0.2, 0.25) is 6.79 Å². The van der Waals surface area contributed by atoms with E-state index in [1.807, 2.05) is 36.6 Å². The quantitative estimate of drug-likeness (QED) is 0.558. The van der Waals surface area contributed by atoms with Crippen molar-refractivity contribution in [3.05, 3.63) is 47.2 Å². The normalized spacial score (nSPS) is 27.5. The van der Waals surface area contributed by atoms with E-state index in [0.29, 0.717) is 25.2 Å². The highest BCUT2D eigenvalue weighted by Crippen LogP contribution is 2.45. The Morgan fingerprint density at radius 1 is 1.35 bits per heavy atom. The number of rotatable bonds is 5. The molecule has 3 aromatic rings. The van der Waals surface area contributed by atoms with E-state index in [1.54, 1.807) is 6.20 Å². The number of hydrogen-bond donors (Lipinski definition) is 2. The molecule has 2 aromatic heterocycles. The van der Waals surface area contributed by atoms with E-state index in [4.69, 9.17) is 21.1 Å². The Hall–Kier alpha value is -2.42. The minimum Gasteiger partial charge on any atom is -0.480 e. The lowest BCUT2D eigenvalue weighted by Crippen LogP contribution is -2.56. The molecule has 1 aromatic carbocycles. The number of aromatic nitrogens is 2. The Bertz CT molecular complexity index is 1140. The number of carboxylic acids is 1. The highest BCUT2D eigenvalue weighted by atomic mass is 35.5. The van der Waals surface area contributed by atoms with E-state index >= 15 is 0 Å². The number of fused-ring (bicyclic) bond motifs is 2. The van der Waals surface area contributed by atoms with Gasteiger partial charge in [-0.15, -0.1) is 22.9 Å². The van der Waals surface area contributed by atoms with Crippen LogP contribution in [0.15, 0.2) is 35.8 Å². The molecular formula is C22H22ClN3O4S. The van der Waals surface area contributed by atoms with Gasteiger partial charge in [-0.2, -0.15) is 0 Å². The molecule has 1 aliphatic carbocycles. The molecule has 31 heavy (non-hydrogen) atoms. The molecule has 2 aliphatic rings. The first-order valence-corrected chi connectivity index (χ1v) is 11.5. The summed E-state index contributed by atoms with van der Waals surface area (Å²) >= 11 is 8.33. The summed E-state index contributed by atoms with van der Waals surface area (Å²) in [6.07, 6.45) is 2.74. The zero-order valence-electron chi connectivity index (χ0n) is 16.9. The third-order valence-electron chi connectivity index (χ3n) is 6.48. The average molecular weight is 460 g/mol. The molecule has 0 saturated heterocycles. The molecule has 162 valence electrons. The van der Waals surface area contributed by atoms with Gasteiger partial charge in [0.05, 0.1) is 5.38 Å². The molecule has 3 heterocycles. The molecule has 7 nitrogen and oxygen atoms in total. The minimum absolute atomic E-state index is 0.0277. The van der Waals surface area contributed by atoms with Crippen LogP contribution in [0, 0.1) is 5.92 Å². The molecule has 1 aliphatic heterocycles. The average Bonchev–Trinajstić information content (AvgIpc) is 3.43. The number of carbonyl (C=O) groups is 1. The van der Waals surface area contributed by atoms with Crippen molar-refractivity contribution in [3.63, 3.8) is 0 Å². The maximum atomic E-state index is 12.5. The van der Waals surface area contributed by atoms with Gasteiger partial charge in [0.1, 0.15) is 16.1 Å². The zero-order valence-corrected chi connectivity index (χ0v) is 18.4. The van der Waals surface area contributed by atoms with Gasteiger partial charge >= 0.3 is 5.97 Å². The first-order chi connectivity index (χ1) is 15.0. The molecule has 5 rings (SSSR count). The number of thiophene rings is 1. The van der Waals surface area contributed by atoms with Crippen LogP contribution in [0.3, 0.4) is 0 Å². The van der Waals surface area contributed by atoms with E-state index < -0.39 is 11.4 Å². The molecule has 0 radical (unpaired) electrons. The van der Waals surface area contributed by atoms with Crippen LogP contribution < -0.4 is 14.8 Å². The topological polar surface area (TPSA) is 93.6 Å². The molecule has 9 heteroatoms. The summed E-state index contributed by atoms with van der Waals surface area (Å²) in [5.41, 5.74) is -0.149. The van der Waals surface area contributed by atoms with Gasteiger partial charge < -0.3 is 19.9 Å². The molecular weight excluding hydrogens is 438 g/mol. The van der Waals surface area contributed by atoms with Crippen molar-refractivity contribution in [3.8, 4) is 11.5 Å². The number of nitrogens with zero attached hydrogens (tertiary/aromatic N) is 2. The second kappa shape index (κ2) is 7.93. The van der Waals surface area contributed by atoms with Crippen LogP contribution in [0.25, 0.3) is 10.2 Å². The monoisotopic (exact) mass is 459 g/mol. The van der Waals surface area contributed by atoms with E-state index in [0.717, 1.165) is 27.3 Å². The molecule has 2 N–H and O–H groups in total. The van der Waals surface area contributed by atoms with Gasteiger partial charge in [-0.25, -0.2) is 9.97 Å². The third kappa shape index (κ3) is 3.43. The Morgan fingerprint density at radius 2 is 2.19 bits per heavy atom. The zero-order chi connectivity index (χ0) is 21.6. The summed E-state index contributed by atoms with van der Waals surface area (Å²) in [7, 11) is 0. The summed E-state index contributed by atoms with van der Waals surface area (Å²) in [5.74, 6) is 0.564. The second-order valence-corrected chi connectivity index (χ2v) is 9.50. The number of carboxylic acid groups (broad SMARTS) is 1. The Labute approximate surface area is 188 Å². The van der Waals surface area contributed by atoms with E-state index in [1.165, 1.54) is 11.3 Å². The Kier molecular flexibility index (Phi) is 5.24. The molecule has 1 saturated carbocycles. The maximum Gasteiger partial charge on any atom is 0.317 e. The Balaban J connectivity index is 1.35. The number of nitrogens with one attached hydrogen (secondary N) is 1. The van der Waals surface area contributed by atoms with Crippen molar-refractivity contribution in [2.24, 2.45) is 5.92 Å². The molecule has 4 atom stereocenters. The lowest BCUT2D eigenvalue weighted by Gasteiger charge is -2.44. The van der Waals surface area contributed by atoms with Gasteiger partial charge in [0, 0.05) is 24.2 Å².